The van der Waals surface area contributed by atoms with Crippen LogP contribution in [0.4, 0.5) is 0 Å². The van der Waals surface area contributed by atoms with Gasteiger partial charge in [0.2, 0.25) is 0 Å². The summed E-state index contributed by atoms with van der Waals surface area (Å²) in [6, 6.07) is 0. The minimum Gasteiger partial charge on any atom is -0.0968 e. The highest BCUT2D eigenvalue weighted by Gasteiger charge is 2.09. The van der Waals surface area contributed by atoms with Crippen molar-refractivity contribution in [2.24, 2.45) is 21.7 Å². The maximum Gasteiger partial charge on any atom is 0.0230 e. The number of rotatable bonds is 0. The normalized spacial score (nSPS) is 13.4. The molecule has 0 saturated heterocycles. The second-order valence-corrected chi connectivity index (χ2v) is 9.82. The van der Waals surface area contributed by atoms with Crippen molar-refractivity contribution in [1.82, 2.24) is 0 Å². The maximum atomic E-state index is 3.21. The van der Waals surface area contributed by atoms with E-state index in [1.165, 1.54) is 0 Å². The zero-order valence-electron chi connectivity index (χ0n) is 16.2. The van der Waals surface area contributed by atoms with Gasteiger partial charge in [-0.1, -0.05) is 65.5 Å². The molecule has 0 heterocycles. The number of allylic oxidation sites excluding steroid dienone is 2. The third-order valence-corrected chi connectivity index (χ3v) is 1.90. The van der Waals surface area contributed by atoms with Gasteiger partial charge in [0.15, 0.2) is 0 Å². The fourth-order valence-corrected chi connectivity index (χ4v) is 0.875. The van der Waals surface area contributed by atoms with Gasteiger partial charge in [0.25, 0.3) is 0 Å². The second-order valence-electron chi connectivity index (χ2n) is 9.82. The maximum absolute atomic E-state index is 3.21. The lowest BCUT2D eigenvalue weighted by atomic mass is 9.89. The fourth-order valence-electron chi connectivity index (χ4n) is 0.875. The van der Waals surface area contributed by atoms with E-state index < -0.39 is 0 Å². The summed E-state index contributed by atoms with van der Waals surface area (Å²) in [6.45, 7) is 26.1. The Morgan fingerprint density at radius 2 is 0.650 bits per heavy atom. The van der Waals surface area contributed by atoms with Gasteiger partial charge in [-0.3, -0.25) is 0 Å². The predicted molar refractivity (Wildman–Crippen MR) is 94.7 cm³/mol. The lowest BCUT2D eigenvalue weighted by Crippen LogP contribution is -2.05. The molecule has 0 fully saturated rings. The Balaban J connectivity index is 0. The Morgan fingerprint density at radius 3 is 0.750 bits per heavy atom. The van der Waals surface area contributed by atoms with Crippen LogP contribution in [0.25, 0.3) is 0 Å². The largest absolute Gasteiger partial charge is 0.0968 e. The summed E-state index contributed by atoms with van der Waals surface area (Å²) >= 11 is 0. The average Bonchev–Trinajstić information content (AvgIpc) is 2.09. The molecule has 0 unspecified atom stereocenters. The van der Waals surface area contributed by atoms with Gasteiger partial charge in [-0.15, -0.1) is 0 Å². The summed E-state index contributed by atoms with van der Waals surface area (Å²) in [5.74, 6) is 6.42. The fraction of sp³-hybridized carbons (Fsp3) is 0.800. The molecule has 0 rings (SSSR count). The van der Waals surface area contributed by atoms with Gasteiger partial charge in [0.05, 0.1) is 0 Å². The molecule has 0 spiro atoms. The zero-order valence-corrected chi connectivity index (χ0v) is 16.2. The summed E-state index contributed by atoms with van der Waals surface area (Å²) in [4.78, 5) is 0. The standard InChI is InChI=1S/C10H20.C10H18/c2*1-9(2,3)7-8-10(4,5)6/h7-8H,1-6H3;1-6H3. The van der Waals surface area contributed by atoms with Crippen molar-refractivity contribution >= 4 is 0 Å². The number of hydrogen-bond donors (Lipinski definition) is 0. The molecule has 0 radical (unpaired) electrons. The van der Waals surface area contributed by atoms with Crippen LogP contribution in [0.1, 0.15) is 83.1 Å². The van der Waals surface area contributed by atoms with Gasteiger partial charge in [0.1, 0.15) is 0 Å². The summed E-state index contributed by atoms with van der Waals surface area (Å²) < 4.78 is 0. The van der Waals surface area contributed by atoms with Crippen molar-refractivity contribution in [2.75, 3.05) is 0 Å². The van der Waals surface area contributed by atoms with E-state index in [-0.39, 0.29) is 10.8 Å². The molecule has 0 saturated carbocycles. The molecule has 0 aromatic carbocycles. The third-order valence-electron chi connectivity index (χ3n) is 1.90. The molecule has 20 heavy (non-hydrogen) atoms. The van der Waals surface area contributed by atoms with E-state index in [0.717, 1.165) is 0 Å². The van der Waals surface area contributed by atoms with E-state index in [9.17, 15) is 0 Å². The van der Waals surface area contributed by atoms with E-state index >= 15 is 0 Å². The van der Waals surface area contributed by atoms with Crippen LogP contribution in [-0.2, 0) is 0 Å². The molecule has 0 aromatic heterocycles. The lowest BCUT2D eigenvalue weighted by molar-refractivity contribution is 0.502. The predicted octanol–water partition coefficient (Wildman–Crippen LogP) is 6.72. The molecule has 0 aromatic rings. The Kier molecular flexibility index (Phi) is 7.94. The highest BCUT2D eigenvalue weighted by Crippen LogP contribution is 2.21. The topological polar surface area (TPSA) is 0 Å². The van der Waals surface area contributed by atoms with E-state index in [4.69, 9.17) is 0 Å². The van der Waals surface area contributed by atoms with Crippen molar-refractivity contribution in [3.63, 3.8) is 0 Å². The van der Waals surface area contributed by atoms with Crippen molar-refractivity contribution in [3.05, 3.63) is 12.2 Å². The zero-order chi connectivity index (χ0) is 16.8. The van der Waals surface area contributed by atoms with Crippen LogP contribution in [0.5, 0.6) is 0 Å². The molecular formula is C20H38. The van der Waals surface area contributed by atoms with Crippen molar-refractivity contribution < 1.29 is 0 Å². The minimum absolute atomic E-state index is 0.146. The first-order chi connectivity index (χ1) is 8.41. The Hall–Kier alpha value is -0.700. The Morgan fingerprint density at radius 1 is 0.450 bits per heavy atom. The van der Waals surface area contributed by atoms with Gasteiger partial charge in [-0.2, -0.15) is 0 Å². The van der Waals surface area contributed by atoms with Crippen LogP contribution in [0.2, 0.25) is 0 Å². The van der Waals surface area contributed by atoms with Gasteiger partial charge in [-0.25, -0.2) is 0 Å². The molecular weight excluding hydrogens is 240 g/mol. The summed E-state index contributed by atoms with van der Waals surface area (Å²) in [5.41, 5.74) is 0.946. The summed E-state index contributed by atoms with van der Waals surface area (Å²) in [6.07, 6.45) is 4.54. The SMILES string of the molecule is CC(C)(C)C#CC(C)(C)C.CC(C)(C)C=CC(C)(C)C. The average molecular weight is 279 g/mol. The van der Waals surface area contributed by atoms with Crippen molar-refractivity contribution in [3.8, 4) is 11.8 Å². The first-order valence-electron chi connectivity index (χ1n) is 7.66. The van der Waals surface area contributed by atoms with Gasteiger partial charge in [-0.05, 0) is 52.4 Å². The van der Waals surface area contributed by atoms with E-state index in [1.54, 1.807) is 0 Å². The van der Waals surface area contributed by atoms with E-state index in [2.05, 4.69) is 107 Å². The molecule has 0 aliphatic carbocycles. The van der Waals surface area contributed by atoms with E-state index in [0.29, 0.717) is 10.8 Å². The monoisotopic (exact) mass is 278 g/mol. The summed E-state index contributed by atoms with van der Waals surface area (Å²) in [5, 5.41) is 0. The molecule has 0 heteroatoms. The lowest BCUT2D eigenvalue weighted by Gasteiger charge is -2.17. The van der Waals surface area contributed by atoms with Crippen LogP contribution in [0.3, 0.4) is 0 Å². The van der Waals surface area contributed by atoms with Gasteiger partial charge >= 0.3 is 0 Å². The first-order valence-corrected chi connectivity index (χ1v) is 7.66. The van der Waals surface area contributed by atoms with Crippen LogP contribution in [-0.4, -0.2) is 0 Å². The molecule has 0 N–H and O–H groups in total. The molecule has 0 nitrogen and oxygen atoms in total. The van der Waals surface area contributed by atoms with Gasteiger partial charge in [0, 0.05) is 10.8 Å². The van der Waals surface area contributed by atoms with Crippen molar-refractivity contribution in [2.45, 2.75) is 83.1 Å². The van der Waals surface area contributed by atoms with Gasteiger partial charge < -0.3 is 0 Å². The summed E-state index contributed by atoms with van der Waals surface area (Å²) in [7, 11) is 0. The Labute approximate surface area is 129 Å². The quantitative estimate of drug-likeness (QED) is 0.341. The van der Waals surface area contributed by atoms with Crippen LogP contribution >= 0.6 is 0 Å². The highest BCUT2D eigenvalue weighted by atomic mass is 14.1. The van der Waals surface area contributed by atoms with Crippen LogP contribution in [0, 0.1) is 33.5 Å². The smallest absolute Gasteiger partial charge is 0.0230 e. The molecule has 0 amide bonds. The third kappa shape index (κ3) is 26.0. The highest BCUT2D eigenvalue weighted by molar-refractivity contribution is 5.12. The molecule has 0 bridgehead atoms. The second kappa shape index (κ2) is 7.35. The first kappa shape index (κ1) is 21.6. The molecule has 118 valence electrons. The molecule has 0 aliphatic heterocycles. The minimum atomic E-state index is 0.146. The molecule has 0 aliphatic rings. The van der Waals surface area contributed by atoms with Crippen LogP contribution in [0.15, 0.2) is 12.2 Å². The van der Waals surface area contributed by atoms with E-state index in [1.807, 2.05) is 0 Å². The number of hydrogen-bond acceptors (Lipinski definition) is 0. The van der Waals surface area contributed by atoms with Crippen molar-refractivity contribution in [1.29, 1.82) is 0 Å². The van der Waals surface area contributed by atoms with Crippen LogP contribution < -0.4 is 0 Å². The Bertz CT molecular complexity index is 309. The molecule has 0 atom stereocenters.